The van der Waals surface area contributed by atoms with Crippen LogP contribution in [0.3, 0.4) is 0 Å². The molecule has 1 saturated heterocycles. The van der Waals surface area contributed by atoms with Crippen molar-refractivity contribution in [2.75, 3.05) is 13.2 Å². The summed E-state index contributed by atoms with van der Waals surface area (Å²) in [6.45, 7) is 1.38. The minimum absolute atomic E-state index is 0.208. The highest BCUT2D eigenvalue weighted by atomic mass is 16.5. The SMILES string of the molecule is O=C(O)c1ccc(C(O)C2CCOCC2)cc1. The summed E-state index contributed by atoms with van der Waals surface area (Å²) in [4.78, 5) is 10.7. The third-order valence-electron chi connectivity index (χ3n) is 3.21. The second-order valence-electron chi connectivity index (χ2n) is 4.32. The average molecular weight is 236 g/mol. The van der Waals surface area contributed by atoms with E-state index < -0.39 is 12.1 Å². The molecule has 1 aromatic rings. The number of aliphatic hydroxyl groups excluding tert-OH is 1. The van der Waals surface area contributed by atoms with E-state index in [2.05, 4.69) is 0 Å². The van der Waals surface area contributed by atoms with Gasteiger partial charge in [0.05, 0.1) is 11.7 Å². The van der Waals surface area contributed by atoms with Crippen molar-refractivity contribution in [1.82, 2.24) is 0 Å². The lowest BCUT2D eigenvalue weighted by Gasteiger charge is -2.27. The predicted molar refractivity (Wildman–Crippen MR) is 61.9 cm³/mol. The molecule has 0 saturated carbocycles. The van der Waals surface area contributed by atoms with Crippen molar-refractivity contribution in [3.8, 4) is 0 Å². The van der Waals surface area contributed by atoms with Crippen LogP contribution in [0.4, 0.5) is 0 Å². The molecule has 92 valence electrons. The van der Waals surface area contributed by atoms with Crippen LogP contribution < -0.4 is 0 Å². The van der Waals surface area contributed by atoms with E-state index in [9.17, 15) is 9.90 Å². The lowest BCUT2D eigenvalue weighted by molar-refractivity contribution is 0.00717. The molecule has 1 aliphatic rings. The maximum Gasteiger partial charge on any atom is 0.335 e. The van der Waals surface area contributed by atoms with Crippen LogP contribution in [0.25, 0.3) is 0 Å². The second-order valence-corrected chi connectivity index (χ2v) is 4.32. The molecule has 1 unspecified atom stereocenters. The Labute approximate surface area is 99.8 Å². The van der Waals surface area contributed by atoms with Gasteiger partial charge >= 0.3 is 5.97 Å². The number of benzene rings is 1. The Morgan fingerprint density at radius 2 is 1.82 bits per heavy atom. The molecule has 4 heteroatoms. The van der Waals surface area contributed by atoms with Crippen LogP contribution in [0.15, 0.2) is 24.3 Å². The zero-order valence-electron chi connectivity index (χ0n) is 9.50. The Morgan fingerprint density at radius 3 is 2.35 bits per heavy atom. The third kappa shape index (κ3) is 2.84. The highest BCUT2D eigenvalue weighted by molar-refractivity contribution is 5.87. The van der Waals surface area contributed by atoms with Gasteiger partial charge in [-0.1, -0.05) is 12.1 Å². The number of rotatable bonds is 3. The maximum absolute atomic E-state index is 10.7. The molecule has 0 spiro atoms. The molecule has 1 fully saturated rings. The number of carboxylic acid groups (broad SMARTS) is 1. The lowest BCUT2D eigenvalue weighted by Crippen LogP contribution is -2.22. The molecule has 0 bridgehead atoms. The fourth-order valence-corrected chi connectivity index (χ4v) is 2.13. The molecule has 0 amide bonds. The molecule has 1 heterocycles. The highest BCUT2D eigenvalue weighted by Gasteiger charge is 2.23. The normalized spacial score (nSPS) is 18.9. The van der Waals surface area contributed by atoms with Gasteiger partial charge in [0.1, 0.15) is 0 Å². The van der Waals surface area contributed by atoms with Gasteiger partial charge in [0, 0.05) is 13.2 Å². The minimum Gasteiger partial charge on any atom is -0.478 e. The van der Waals surface area contributed by atoms with E-state index in [1.165, 1.54) is 12.1 Å². The first-order valence-corrected chi connectivity index (χ1v) is 5.77. The molecule has 0 aliphatic carbocycles. The van der Waals surface area contributed by atoms with Crippen molar-refractivity contribution in [2.24, 2.45) is 5.92 Å². The zero-order chi connectivity index (χ0) is 12.3. The van der Waals surface area contributed by atoms with Gasteiger partial charge in [0.15, 0.2) is 0 Å². The van der Waals surface area contributed by atoms with Crippen LogP contribution in [0.5, 0.6) is 0 Å². The molecule has 2 rings (SSSR count). The van der Waals surface area contributed by atoms with E-state index in [-0.39, 0.29) is 11.5 Å². The Morgan fingerprint density at radius 1 is 1.24 bits per heavy atom. The number of carboxylic acids is 1. The monoisotopic (exact) mass is 236 g/mol. The third-order valence-corrected chi connectivity index (χ3v) is 3.21. The molecule has 17 heavy (non-hydrogen) atoms. The van der Waals surface area contributed by atoms with Crippen LogP contribution in [0.2, 0.25) is 0 Å². The fraction of sp³-hybridized carbons (Fsp3) is 0.462. The summed E-state index contributed by atoms with van der Waals surface area (Å²) in [7, 11) is 0. The largest absolute Gasteiger partial charge is 0.478 e. The second kappa shape index (κ2) is 5.29. The quantitative estimate of drug-likeness (QED) is 0.840. The number of ether oxygens (including phenoxy) is 1. The summed E-state index contributed by atoms with van der Waals surface area (Å²) in [6.07, 6.45) is 1.17. The molecule has 1 aliphatic heterocycles. The van der Waals surface area contributed by atoms with Gasteiger partial charge in [-0.2, -0.15) is 0 Å². The zero-order valence-corrected chi connectivity index (χ0v) is 9.50. The predicted octanol–water partition coefficient (Wildman–Crippen LogP) is 1.84. The first-order valence-electron chi connectivity index (χ1n) is 5.77. The van der Waals surface area contributed by atoms with Crippen molar-refractivity contribution < 1.29 is 19.7 Å². The number of hydrogen-bond donors (Lipinski definition) is 2. The average Bonchev–Trinajstić information content (AvgIpc) is 2.39. The Hall–Kier alpha value is -1.39. The van der Waals surface area contributed by atoms with Gasteiger partial charge in [-0.25, -0.2) is 4.79 Å². The minimum atomic E-state index is -0.947. The van der Waals surface area contributed by atoms with Crippen molar-refractivity contribution in [1.29, 1.82) is 0 Å². The molecule has 1 aromatic carbocycles. The summed E-state index contributed by atoms with van der Waals surface area (Å²) in [5.74, 6) is -0.739. The molecule has 1 atom stereocenters. The Bertz CT molecular complexity index is 379. The standard InChI is InChI=1S/C13H16O4/c14-12(10-5-7-17-8-6-10)9-1-3-11(4-2-9)13(15)16/h1-4,10,12,14H,5-8H2,(H,15,16). The Kier molecular flexibility index (Phi) is 3.76. The number of hydrogen-bond acceptors (Lipinski definition) is 3. The first-order chi connectivity index (χ1) is 8.18. The number of aliphatic hydroxyl groups is 1. The van der Waals surface area contributed by atoms with E-state index >= 15 is 0 Å². The number of carbonyl (C=O) groups is 1. The lowest BCUT2D eigenvalue weighted by atomic mass is 9.89. The van der Waals surface area contributed by atoms with E-state index in [0.29, 0.717) is 13.2 Å². The van der Waals surface area contributed by atoms with E-state index in [1.807, 2.05) is 0 Å². The van der Waals surface area contributed by atoms with Crippen LogP contribution in [-0.2, 0) is 4.74 Å². The van der Waals surface area contributed by atoms with E-state index in [4.69, 9.17) is 9.84 Å². The molecule has 4 nitrogen and oxygen atoms in total. The van der Waals surface area contributed by atoms with Crippen LogP contribution >= 0.6 is 0 Å². The topological polar surface area (TPSA) is 66.8 Å². The summed E-state index contributed by atoms with van der Waals surface area (Å²) in [5, 5.41) is 19.0. The summed E-state index contributed by atoms with van der Waals surface area (Å²) < 4.78 is 5.25. The van der Waals surface area contributed by atoms with Gasteiger partial charge in [0.2, 0.25) is 0 Å². The summed E-state index contributed by atoms with van der Waals surface area (Å²) in [5.41, 5.74) is 1.02. The van der Waals surface area contributed by atoms with Gasteiger partial charge in [-0.3, -0.25) is 0 Å². The number of aromatic carboxylic acids is 1. The van der Waals surface area contributed by atoms with Gasteiger partial charge in [0.25, 0.3) is 0 Å². The van der Waals surface area contributed by atoms with Crippen LogP contribution in [0, 0.1) is 5.92 Å². The molecule has 0 radical (unpaired) electrons. The smallest absolute Gasteiger partial charge is 0.335 e. The molecular formula is C13H16O4. The van der Waals surface area contributed by atoms with Crippen molar-refractivity contribution in [2.45, 2.75) is 18.9 Å². The summed E-state index contributed by atoms with van der Waals surface area (Å²) >= 11 is 0. The Balaban J connectivity index is 2.07. The molecule has 0 aromatic heterocycles. The maximum atomic E-state index is 10.7. The van der Waals surface area contributed by atoms with Crippen LogP contribution in [0.1, 0.15) is 34.9 Å². The van der Waals surface area contributed by atoms with Gasteiger partial charge in [-0.05, 0) is 36.5 Å². The van der Waals surface area contributed by atoms with Crippen LogP contribution in [-0.4, -0.2) is 29.4 Å². The molecule has 2 N–H and O–H groups in total. The van der Waals surface area contributed by atoms with Crippen molar-refractivity contribution in [3.63, 3.8) is 0 Å². The summed E-state index contributed by atoms with van der Waals surface area (Å²) in [6, 6.07) is 6.42. The van der Waals surface area contributed by atoms with Gasteiger partial charge in [-0.15, -0.1) is 0 Å². The van der Waals surface area contributed by atoms with Crippen molar-refractivity contribution in [3.05, 3.63) is 35.4 Å². The highest BCUT2D eigenvalue weighted by Crippen LogP contribution is 2.29. The van der Waals surface area contributed by atoms with E-state index in [1.54, 1.807) is 12.1 Å². The molecular weight excluding hydrogens is 220 g/mol. The van der Waals surface area contributed by atoms with E-state index in [0.717, 1.165) is 18.4 Å². The first kappa shape index (κ1) is 12.1. The fourth-order valence-electron chi connectivity index (χ4n) is 2.13. The van der Waals surface area contributed by atoms with Gasteiger partial charge < -0.3 is 14.9 Å². The van der Waals surface area contributed by atoms with Crippen molar-refractivity contribution >= 4 is 5.97 Å².